The Balaban J connectivity index is 1.40. The zero-order valence-electron chi connectivity index (χ0n) is 27.8. The van der Waals surface area contributed by atoms with E-state index in [1.807, 2.05) is 67.6 Å². The Hall–Kier alpha value is -5.23. The molecular formula is C37H39N3O8S. The molecule has 0 radical (unpaired) electrons. The van der Waals surface area contributed by atoms with Crippen LogP contribution in [0.5, 0.6) is 11.5 Å². The van der Waals surface area contributed by atoms with Gasteiger partial charge in [0.2, 0.25) is 5.91 Å². The first-order valence-corrected chi connectivity index (χ1v) is 16.7. The second kappa shape index (κ2) is 14.9. The van der Waals surface area contributed by atoms with Gasteiger partial charge in [-0.15, -0.1) is 11.8 Å². The van der Waals surface area contributed by atoms with Crippen LogP contribution in [0.2, 0.25) is 0 Å². The number of alkyl carbamates (subject to hydrolysis) is 1. The summed E-state index contributed by atoms with van der Waals surface area (Å²) in [5, 5.41) is 14.8. The Labute approximate surface area is 289 Å². The molecular weight excluding hydrogens is 646 g/mol. The van der Waals surface area contributed by atoms with Crippen molar-refractivity contribution in [2.75, 3.05) is 12.9 Å². The first-order valence-electron chi connectivity index (χ1n) is 15.7. The number of hydrogen-bond donors (Lipinski definition) is 3. The summed E-state index contributed by atoms with van der Waals surface area (Å²) in [6.45, 7) is 6.88. The van der Waals surface area contributed by atoms with Crippen LogP contribution >= 0.6 is 11.8 Å². The molecule has 3 aromatic rings. The number of carbonyl (C=O) groups is 4. The number of esters is 1. The van der Waals surface area contributed by atoms with Crippen molar-refractivity contribution in [2.24, 2.45) is 0 Å². The summed E-state index contributed by atoms with van der Waals surface area (Å²) in [4.78, 5) is 55.8. The third-order valence-corrected chi connectivity index (χ3v) is 9.05. The van der Waals surface area contributed by atoms with E-state index in [2.05, 4.69) is 10.6 Å². The number of phenols is 1. The number of allylic oxidation sites excluding steroid dienone is 2. The average Bonchev–Trinajstić information content (AvgIpc) is 3.08. The number of thioether (sulfide) groups is 1. The van der Waals surface area contributed by atoms with Crippen LogP contribution in [0.25, 0.3) is 0 Å². The Morgan fingerprint density at radius 1 is 0.980 bits per heavy atom. The van der Waals surface area contributed by atoms with Crippen LogP contribution in [0, 0.1) is 0 Å². The van der Waals surface area contributed by atoms with Gasteiger partial charge in [-0.3, -0.25) is 14.5 Å². The minimum atomic E-state index is -1.31. The predicted octanol–water partition coefficient (Wildman–Crippen LogP) is 5.53. The van der Waals surface area contributed by atoms with Gasteiger partial charge in [0.05, 0.1) is 7.11 Å². The number of phenolic OH excluding ortho intramolecular Hbond substituents is 1. The smallest absolute Gasteiger partial charge is 0.408 e. The van der Waals surface area contributed by atoms with Crippen LogP contribution in [-0.4, -0.2) is 63.8 Å². The van der Waals surface area contributed by atoms with Crippen LogP contribution in [0.1, 0.15) is 56.5 Å². The number of benzene rings is 3. The molecule has 2 aliphatic heterocycles. The monoisotopic (exact) mass is 685 g/mol. The van der Waals surface area contributed by atoms with Gasteiger partial charge in [0.1, 0.15) is 28.8 Å². The summed E-state index contributed by atoms with van der Waals surface area (Å²) in [5.74, 6) is -1.56. The van der Waals surface area contributed by atoms with Gasteiger partial charge in [-0.25, -0.2) is 9.59 Å². The molecule has 49 heavy (non-hydrogen) atoms. The van der Waals surface area contributed by atoms with Gasteiger partial charge in [-0.1, -0.05) is 78.9 Å². The van der Waals surface area contributed by atoms with E-state index in [1.54, 1.807) is 32.9 Å². The molecule has 2 aliphatic rings. The number of amides is 3. The number of β-lactam (4-membered cyclic amide) rings is 1. The number of fused-ring (bicyclic) bond motifs is 1. The van der Waals surface area contributed by atoms with Gasteiger partial charge < -0.3 is 30.0 Å². The number of nitrogens with zero attached hydrogens (tertiary/aromatic N) is 1. The van der Waals surface area contributed by atoms with Crippen molar-refractivity contribution in [1.82, 2.24) is 15.5 Å². The molecule has 0 unspecified atom stereocenters. The fourth-order valence-electron chi connectivity index (χ4n) is 5.54. The third kappa shape index (κ3) is 7.92. The molecule has 1 saturated heterocycles. The SMILES string of the molecule is C/C=C\C1=C(C(=O)OC(c2ccccc2)c2ccccc2)N2C(=O)[C@@H](NC(=O)[C@H](NC(=O)OC(C)(C)C)c3ccc(O)c(OC)c3)[C@H]2SC1. The summed E-state index contributed by atoms with van der Waals surface area (Å²) in [6, 6.07) is 20.6. The lowest BCUT2D eigenvalue weighted by Crippen LogP contribution is -2.71. The van der Waals surface area contributed by atoms with Crippen molar-refractivity contribution in [3.63, 3.8) is 0 Å². The molecule has 1 fully saturated rings. The Morgan fingerprint density at radius 3 is 2.18 bits per heavy atom. The molecule has 3 aromatic carbocycles. The van der Waals surface area contributed by atoms with Gasteiger partial charge in [0.15, 0.2) is 17.6 Å². The molecule has 0 saturated carbocycles. The highest BCUT2D eigenvalue weighted by atomic mass is 32.2. The normalized spacial score (nSPS) is 18.0. The molecule has 3 amide bonds. The third-order valence-electron chi connectivity index (χ3n) is 7.75. The second-order valence-corrected chi connectivity index (χ2v) is 13.5. The minimum Gasteiger partial charge on any atom is -0.504 e. The van der Waals surface area contributed by atoms with Gasteiger partial charge in [-0.2, -0.15) is 0 Å². The highest BCUT2D eigenvalue weighted by molar-refractivity contribution is 8.00. The summed E-state index contributed by atoms with van der Waals surface area (Å²) in [5.41, 5.74) is 1.71. The van der Waals surface area contributed by atoms with Crippen LogP contribution in [-0.2, 0) is 23.9 Å². The summed E-state index contributed by atoms with van der Waals surface area (Å²) in [7, 11) is 1.36. The molecule has 2 heterocycles. The van der Waals surface area contributed by atoms with Crippen molar-refractivity contribution in [2.45, 2.75) is 56.9 Å². The van der Waals surface area contributed by atoms with Crippen LogP contribution < -0.4 is 15.4 Å². The largest absolute Gasteiger partial charge is 0.504 e. The number of rotatable bonds is 10. The van der Waals surface area contributed by atoms with Gasteiger partial charge in [0.25, 0.3) is 5.91 Å². The zero-order valence-corrected chi connectivity index (χ0v) is 28.7. The standard InChI is InChI=1S/C37H39N3O8S/c1-6-13-25-21-49-34-29(38-32(42)28(39-36(45)48-37(2,3)4)24-18-19-26(41)27(20-24)46-5)33(43)40(34)30(25)35(44)47-31(22-14-9-7-10-15-22)23-16-11-8-12-17-23/h6-20,28-29,31,34,41H,21H2,1-5H3,(H,38,42)(H,39,45)/b13-6-/t28-,29-,34-/m1/s1. The zero-order chi connectivity index (χ0) is 35.3. The fraction of sp³-hybridized carbons (Fsp3) is 0.297. The molecule has 0 spiro atoms. The number of hydrogen-bond acceptors (Lipinski definition) is 9. The Kier molecular flexibility index (Phi) is 10.7. The number of aromatic hydroxyl groups is 1. The summed E-state index contributed by atoms with van der Waals surface area (Å²) < 4.78 is 16.7. The van der Waals surface area contributed by atoms with E-state index in [0.29, 0.717) is 11.3 Å². The van der Waals surface area contributed by atoms with Crippen LogP contribution in [0.15, 0.2) is 102 Å². The molecule has 12 heteroatoms. The van der Waals surface area contributed by atoms with Gasteiger partial charge >= 0.3 is 12.1 Å². The highest BCUT2D eigenvalue weighted by Crippen LogP contribution is 2.42. The molecule has 256 valence electrons. The maximum absolute atomic E-state index is 14.0. The van der Waals surface area contributed by atoms with Gasteiger partial charge in [-0.05, 0) is 62.1 Å². The van der Waals surface area contributed by atoms with E-state index in [9.17, 15) is 24.3 Å². The first kappa shape index (κ1) is 35.1. The molecule has 5 rings (SSSR count). The predicted molar refractivity (Wildman–Crippen MR) is 184 cm³/mol. The van der Waals surface area contributed by atoms with Crippen LogP contribution in [0.3, 0.4) is 0 Å². The maximum atomic E-state index is 14.0. The number of carbonyl (C=O) groups excluding carboxylic acids is 4. The lowest BCUT2D eigenvalue weighted by atomic mass is 9.99. The second-order valence-electron chi connectivity index (χ2n) is 12.4. The van der Waals surface area contributed by atoms with E-state index in [1.165, 1.54) is 42.0 Å². The summed E-state index contributed by atoms with van der Waals surface area (Å²) >= 11 is 1.39. The molecule has 0 bridgehead atoms. The molecule has 11 nitrogen and oxygen atoms in total. The van der Waals surface area contributed by atoms with E-state index >= 15 is 0 Å². The fourth-order valence-corrected chi connectivity index (χ4v) is 6.86. The van der Waals surface area contributed by atoms with Crippen molar-refractivity contribution in [3.05, 3.63) is 119 Å². The summed E-state index contributed by atoms with van der Waals surface area (Å²) in [6.07, 6.45) is 1.98. The van der Waals surface area contributed by atoms with E-state index in [4.69, 9.17) is 14.2 Å². The van der Waals surface area contributed by atoms with Crippen molar-refractivity contribution < 1.29 is 38.5 Å². The van der Waals surface area contributed by atoms with Crippen molar-refractivity contribution >= 4 is 35.6 Å². The molecule has 3 N–H and O–H groups in total. The highest BCUT2D eigenvalue weighted by Gasteiger charge is 2.55. The minimum absolute atomic E-state index is 0.0872. The van der Waals surface area contributed by atoms with E-state index in [0.717, 1.165) is 11.1 Å². The lowest BCUT2D eigenvalue weighted by molar-refractivity contribution is -0.154. The average molecular weight is 686 g/mol. The Bertz CT molecular complexity index is 1730. The maximum Gasteiger partial charge on any atom is 0.408 e. The van der Waals surface area contributed by atoms with E-state index in [-0.39, 0.29) is 22.8 Å². The number of nitrogens with one attached hydrogen (secondary N) is 2. The van der Waals surface area contributed by atoms with Gasteiger partial charge in [0, 0.05) is 5.75 Å². The molecule has 3 atom stereocenters. The quantitative estimate of drug-likeness (QED) is 0.185. The molecule has 0 aromatic heterocycles. The van der Waals surface area contributed by atoms with Crippen LogP contribution in [0.4, 0.5) is 4.79 Å². The van der Waals surface area contributed by atoms with Crippen molar-refractivity contribution in [3.8, 4) is 11.5 Å². The first-order chi connectivity index (χ1) is 23.4. The Morgan fingerprint density at radius 2 is 1.61 bits per heavy atom. The lowest BCUT2D eigenvalue weighted by Gasteiger charge is -2.49. The van der Waals surface area contributed by atoms with Crippen molar-refractivity contribution in [1.29, 1.82) is 0 Å². The molecule has 0 aliphatic carbocycles. The topological polar surface area (TPSA) is 144 Å². The number of methoxy groups -OCH3 is 1. The number of ether oxygens (including phenoxy) is 3. The van der Waals surface area contributed by atoms with E-state index < -0.39 is 53.0 Å².